The minimum absolute atomic E-state index is 0.574. The lowest BCUT2D eigenvalue weighted by Crippen LogP contribution is -2.28. The first-order valence-electron chi connectivity index (χ1n) is 18.0. The molecule has 1 heterocycles. The third-order valence-electron chi connectivity index (χ3n) is 10.6. The molecule has 10 rings (SSSR count). The predicted molar refractivity (Wildman–Crippen MR) is 216 cm³/mol. The van der Waals surface area contributed by atoms with Crippen LogP contribution in [-0.2, 0) is 5.41 Å². The van der Waals surface area contributed by atoms with Crippen molar-refractivity contribution in [3.63, 3.8) is 0 Å². The number of fused-ring (bicyclic) bond motifs is 5. The predicted octanol–water partition coefficient (Wildman–Crippen LogP) is 12.1. The van der Waals surface area contributed by atoms with Gasteiger partial charge >= 0.3 is 0 Å². The van der Waals surface area contributed by atoms with Crippen molar-refractivity contribution in [1.29, 1.82) is 0 Å². The van der Waals surface area contributed by atoms with Gasteiger partial charge in [0.15, 0.2) is 17.5 Å². The molecule has 0 amide bonds. The first kappa shape index (κ1) is 30.8. The molecule has 0 saturated heterocycles. The minimum Gasteiger partial charge on any atom is -0.208 e. The van der Waals surface area contributed by atoms with Crippen LogP contribution in [0.5, 0.6) is 0 Å². The highest BCUT2D eigenvalue weighted by molar-refractivity contribution is 6.06. The summed E-state index contributed by atoms with van der Waals surface area (Å²) in [6.07, 6.45) is 0. The van der Waals surface area contributed by atoms with Crippen molar-refractivity contribution in [3.05, 3.63) is 222 Å². The second-order valence-electron chi connectivity index (χ2n) is 13.5. The van der Waals surface area contributed by atoms with Gasteiger partial charge in [-0.25, -0.2) is 15.0 Å². The van der Waals surface area contributed by atoms with Crippen LogP contribution in [0.25, 0.3) is 67.2 Å². The molecule has 0 fully saturated rings. The van der Waals surface area contributed by atoms with Crippen molar-refractivity contribution >= 4 is 10.8 Å². The van der Waals surface area contributed by atoms with Crippen LogP contribution < -0.4 is 0 Å². The SMILES string of the molecule is c1ccc(-c2ccc(-c3nc(-c4ccccc4)nc(-c4cc5ccccc5c5c4-c4ccccc4C5(c4ccccc4)c4ccccc4)n3)cc2)cc1. The van der Waals surface area contributed by atoms with E-state index in [4.69, 9.17) is 15.0 Å². The molecular weight excluding hydrogens is 643 g/mol. The van der Waals surface area contributed by atoms with E-state index in [9.17, 15) is 0 Å². The Morgan fingerprint density at radius 3 is 1.43 bits per heavy atom. The molecule has 3 nitrogen and oxygen atoms in total. The summed E-state index contributed by atoms with van der Waals surface area (Å²) in [5, 5.41) is 2.35. The molecule has 1 aliphatic rings. The molecule has 0 bridgehead atoms. The van der Waals surface area contributed by atoms with Gasteiger partial charge in [-0.1, -0.05) is 194 Å². The molecular formula is C50H33N3. The zero-order chi connectivity index (χ0) is 35.2. The fourth-order valence-corrected chi connectivity index (χ4v) is 8.28. The lowest BCUT2D eigenvalue weighted by atomic mass is 9.66. The highest BCUT2D eigenvalue weighted by atomic mass is 15.0. The van der Waals surface area contributed by atoms with Gasteiger partial charge in [0.1, 0.15) is 0 Å². The van der Waals surface area contributed by atoms with Gasteiger partial charge in [-0.2, -0.15) is 0 Å². The van der Waals surface area contributed by atoms with E-state index in [1.54, 1.807) is 0 Å². The first-order valence-corrected chi connectivity index (χ1v) is 18.0. The standard InChI is InChI=1S/C50H33N3/c1-5-17-34(18-6-1)35-29-31-37(32-30-35)48-51-47(36-19-7-2-8-20-36)52-49(53-48)43-33-38-21-13-14-26-41(38)46-45(43)42-27-15-16-28-44(42)50(46,39-22-9-3-10-23-39)40-24-11-4-12-25-40/h1-33H. The molecule has 53 heavy (non-hydrogen) atoms. The fourth-order valence-electron chi connectivity index (χ4n) is 8.28. The molecule has 0 N–H and O–H groups in total. The van der Waals surface area contributed by atoms with Gasteiger partial charge in [0.05, 0.1) is 5.41 Å². The Morgan fingerprint density at radius 2 is 0.792 bits per heavy atom. The molecule has 0 radical (unpaired) electrons. The van der Waals surface area contributed by atoms with E-state index >= 15 is 0 Å². The Morgan fingerprint density at radius 1 is 0.340 bits per heavy atom. The molecule has 1 aromatic heterocycles. The quantitative estimate of drug-likeness (QED) is 0.176. The molecule has 3 heteroatoms. The maximum absolute atomic E-state index is 5.33. The third-order valence-corrected chi connectivity index (χ3v) is 10.6. The van der Waals surface area contributed by atoms with Crippen LogP contribution in [0.15, 0.2) is 200 Å². The van der Waals surface area contributed by atoms with Crippen LogP contribution in [-0.4, -0.2) is 15.0 Å². The van der Waals surface area contributed by atoms with Crippen LogP contribution in [0.1, 0.15) is 22.3 Å². The van der Waals surface area contributed by atoms with E-state index in [1.807, 2.05) is 24.3 Å². The summed E-state index contributed by atoms with van der Waals surface area (Å²) >= 11 is 0. The normalized spacial score (nSPS) is 12.7. The smallest absolute Gasteiger partial charge is 0.164 e. The molecule has 1 aliphatic carbocycles. The number of nitrogens with zero attached hydrogens (tertiary/aromatic N) is 3. The van der Waals surface area contributed by atoms with Crippen LogP contribution >= 0.6 is 0 Å². The van der Waals surface area contributed by atoms with Crippen LogP contribution in [0.3, 0.4) is 0 Å². The molecule has 0 aliphatic heterocycles. The number of hydrogen-bond acceptors (Lipinski definition) is 3. The average molecular weight is 676 g/mol. The maximum Gasteiger partial charge on any atom is 0.164 e. The largest absolute Gasteiger partial charge is 0.208 e. The first-order chi connectivity index (χ1) is 26.3. The summed E-state index contributed by atoms with van der Waals surface area (Å²) in [5.74, 6) is 1.93. The van der Waals surface area contributed by atoms with E-state index < -0.39 is 5.41 Å². The van der Waals surface area contributed by atoms with Gasteiger partial charge in [-0.3, -0.25) is 0 Å². The second-order valence-corrected chi connectivity index (χ2v) is 13.5. The summed E-state index contributed by atoms with van der Waals surface area (Å²) in [6, 6.07) is 71.0. The molecule has 9 aromatic rings. The summed E-state index contributed by atoms with van der Waals surface area (Å²) in [5.41, 5.74) is 11.9. The Balaban J connectivity index is 1.29. The highest BCUT2D eigenvalue weighted by Gasteiger charge is 2.48. The average Bonchev–Trinajstić information content (AvgIpc) is 3.57. The zero-order valence-electron chi connectivity index (χ0n) is 28.9. The molecule has 0 spiro atoms. The fraction of sp³-hybridized carbons (Fsp3) is 0.0200. The highest BCUT2D eigenvalue weighted by Crippen LogP contribution is 2.60. The van der Waals surface area contributed by atoms with Gasteiger partial charge in [-0.15, -0.1) is 0 Å². The van der Waals surface area contributed by atoms with Crippen molar-refractivity contribution in [2.75, 3.05) is 0 Å². The Labute approximate surface area is 309 Å². The van der Waals surface area contributed by atoms with Crippen molar-refractivity contribution in [2.45, 2.75) is 5.41 Å². The van der Waals surface area contributed by atoms with E-state index in [2.05, 4.69) is 176 Å². The maximum atomic E-state index is 5.33. The van der Waals surface area contributed by atoms with Gasteiger partial charge in [0, 0.05) is 16.7 Å². The van der Waals surface area contributed by atoms with Gasteiger partial charge in [0.25, 0.3) is 0 Å². The Hall–Kier alpha value is -6.97. The molecule has 0 atom stereocenters. The lowest BCUT2D eigenvalue weighted by molar-refractivity contribution is 0.775. The van der Waals surface area contributed by atoms with Crippen molar-refractivity contribution in [1.82, 2.24) is 15.0 Å². The molecule has 248 valence electrons. The van der Waals surface area contributed by atoms with E-state index in [1.165, 1.54) is 38.8 Å². The number of benzene rings is 8. The monoisotopic (exact) mass is 675 g/mol. The van der Waals surface area contributed by atoms with Crippen LogP contribution in [0.4, 0.5) is 0 Å². The van der Waals surface area contributed by atoms with Crippen molar-refractivity contribution in [2.24, 2.45) is 0 Å². The number of aromatic nitrogens is 3. The molecule has 0 unspecified atom stereocenters. The lowest BCUT2D eigenvalue weighted by Gasteiger charge is -2.34. The van der Waals surface area contributed by atoms with Crippen molar-refractivity contribution in [3.8, 4) is 56.4 Å². The van der Waals surface area contributed by atoms with E-state index in [0.29, 0.717) is 17.5 Å². The van der Waals surface area contributed by atoms with Crippen LogP contribution in [0.2, 0.25) is 0 Å². The van der Waals surface area contributed by atoms with E-state index in [0.717, 1.165) is 33.2 Å². The zero-order valence-corrected chi connectivity index (χ0v) is 28.9. The van der Waals surface area contributed by atoms with Crippen LogP contribution in [0, 0.1) is 0 Å². The molecule has 0 saturated carbocycles. The number of rotatable bonds is 6. The number of hydrogen-bond donors (Lipinski definition) is 0. The Bertz CT molecular complexity index is 2700. The topological polar surface area (TPSA) is 38.7 Å². The summed E-state index contributed by atoms with van der Waals surface area (Å²) < 4.78 is 0. The minimum atomic E-state index is -0.574. The summed E-state index contributed by atoms with van der Waals surface area (Å²) in [4.78, 5) is 15.7. The second kappa shape index (κ2) is 12.7. The summed E-state index contributed by atoms with van der Waals surface area (Å²) in [6.45, 7) is 0. The third kappa shape index (κ3) is 5.01. The summed E-state index contributed by atoms with van der Waals surface area (Å²) in [7, 11) is 0. The van der Waals surface area contributed by atoms with E-state index in [-0.39, 0.29) is 0 Å². The Kier molecular flexibility index (Phi) is 7.36. The van der Waals surface area contributed by atoms with Gasteiger partial charge in [-0.05, 0) is 61.3 Å². The van der Waals surface area contributed by atoms with Gasteiger partial charge < -0.3 is 0 Å². The molecule has 8 aromatic carbocycles. The van der Waals surface area contributed by atoms with Gasteiger partial charge in [0.2, 0.25) is 0 Å². The van der Waals surface area contributed by atoms with Crippen molar-refractivity contribution < 1.29 is 0 Å².